The normalized spacial score (nSPS) is 17.8. The molecular formula is C12H14F3N5O3. The fourth-order valence-corrected chi connectivity index (χ4v) is 2.04. The van der Waals surface area contributed by atoms with E-state index in [1.165, 1.54) is 6.92 Å². The fourth-order valence-electron chi connectivity index (χ4n) is 2.04. The first kappa shape index (κ1) is 16.8. The summed E-state index contributed by atoms with van der Waals surface area (Å²) in [6.45, 7) is 1.57. The Balaban J connectivity index is 1.81. The molecule has 0 saturated carbocycles. The highest BCUT2D eigenvalue weighted by molar-refractivity contribution is 6.05. The van der Waals surface area contributed by atoms with Crippen molar-refractivity contribution < 1.29 is 27.6 Å². The second-order valence-electron chi connectivity index (χ2n) is 4.96. The van der Waals surface area contributed by atoms with Crippen LogP contribution in [-0.2, 0) is 22.3 Å². The zero-order valence-corrected chi connectivity index (χ0v) is 12.0. The highest BCUT2D eigenvalue weighted by Gasteiger charge is 2.34. The Labute approximate surface area is 128 Å². The van der Waals surface area contributed by atoms with Crippen LogP contribution in [0.3, 0.4) is 0 Å². The van der Waals surface area contributed by atoms with Gasteiger partial charge in [0.2, 0.25) is 5.91 Å². The highest BCUT2D eigenvalue weighted by atomic mass is 19.4. The lowest BCUT2D eigenvalue weighted by atomic mass is 10.2. The number of aryl methyl sites for hydroxylation is 1. The molecule has 11 heteroatoms. The summed E-state index contributed by atoms with van der Waals surface area (Å²) in [5.41, 5.74) is -0.680. The topological polar surface area (TPSA) is 105 Å². The third-order valence-electron chi connectivity index (χ3n) is 3.17. The van der Waals surface area contributed by atoms with Gasteiger partial charge in [0, 0.05) is 12.2 Å². The van der Waals surface area contributed by atoms with Crippen molar-refractivity contribution in [3.05, 3.63) is 17.5 Å². The molecule has 1 aliphatic rings. The van der Waals surface area contributed by atoms with Crippen LogP contribution < -0.4 is 16.0 Å². The number of alkyl halides is 3. The first-order chi connectivity index (χ1) is 10.7. The molecule has 2 heterocycles. The summed E-state index contributed by atoms with van der Waals surface area (Å²) in [4.78, 5) is 33.8. The molecule has 8 nitrogen and oxygen atoms in total. The van der Waals surface area contributed by atoms with Gasteiger partial charge in [0.25, 0.3) is 5.91 Å². The van der Waals surface area contributed by atoms with Gasteiger partial charge in [0.05, 0.1) is 13.0 Å². The molecule has 0 aliphatic carbocycles. The number of rotatable bonds is 5. The van der Waals surface area contributed by atoms with E-state index in [1.807, 2.05) is 5.32 Å². The summed E-state index contributed by atoms with van der Waals surface area (Å²) in [5.74, 6) is -1.10. The van der Waals surface area contributed by atoms with Gasteiger partial charge in [-0.3, -0.25) is 19.6 Å². The van der Waals surface area contributed by atoms with Crippen LogP contribution >= 0.6 is 0 Å². The molecule has 3 N–H and O–H groups in total. The number of halogens is 3. The zero-order chi connectivity index (χ0) is 17.2. The van der Waals surface area contributed by atoms with Crippen LogP contribution in [0.15, 0.2) is 6.07 Å². The number of hydrogen-bond donors (Lipinski definition) is 3. The number of nitrogens with one attached hydrogen (secondary N) is 3. The number of urea groups is 1. The van der Waals surface area contributed by atoms with Crippen LogP contribution in [0.4, 0.5) is 18.0 Å². The summed E-state index contributed by atoms with van der Waals surface area (Å²) in [6, 6.07) is -0.689. The predicted octanol–water partition coefficient (Wildman–Crippen LogP) is -0.0754. The van der Waals surface area contributed by atoms with Crippen LogP contribution in [0.5, 0.6) is 0 Å². The number of carbonyl (C=O) groups excluding carboxylic acids is 3. The Kier molecular flexibility index (Phi) is 4.57. The molecule has 4 amide bonds. The highest BCUT2D eigenvalue weighted by Crippen LogP contribution is 2.28. The Morgan fingerprint density at radius 1 is 1.43 bits per heavy atom. The smallest absolute Gasteiger partial charge is 0.354 e. The maximum atomic E-state index is 12.5. The predicted molar refractivity (Wildman–Crippen MR) is 70.1 cm³/mol. The van der Waals surface area contributed by atoms with E-state index in [4.69, 9.17) is 0 Å². The number of nitrogens with zero attached hydrogens (tertiary/aromatic N) is 2. The van der Waals surface area contributed by atoms with E-state index >= 15 is 0 Å². The minimum Gasteiger partial charge on any atom is -0.354 e. The molecule has 23 heavy (non-hydrogen) atoms. The number of amides is 4. The van der Waals surface area contributed by atoms with Gasteiger partial charge in [-0.2, -0.15) is 18.3 Å². The summed E-state index contributed by atoms with van der Waals surface area (Å²) < 4.78 is 38.7. The summed E-state index contributed by atoms with van der Waals surface area (Å²) in [7, 11) is 0. The lowest BCUT2D eigenvalue weighted by molar-refractivity contribution is -0.141. The maximum Gasteiger partial charge on any atom is 0.435 e. The van der Waals surface area contributed by atoms with Gasteiger partial charge in [0.1, 0.15) is 6.04 Å². The molecule has 0 aromatic carbocycles. The van der Waals surface area contributed by atoms with Gasteiger partial charge in [-0.15, -0.1) is 0 Å². The van der Waals surface area contributed by atoms with E-state index < -0.39 is 35.8 Å². The maximum absolute atomic E-state index is 12.5. The lowest BCUT2D eigenvalue weighted by Crippen LogP contribution is -2.37. The average molecular weight is 333 g/mol. The molecule has 2 rings (SSSR count). The molecule has 1 aromatic heterocycles. The van der Waals surface area contributed by atoms with Crippen molar-refractivity contribution in [3.63, 3.8) is 0 Å². The molecule has 1 saturated heterocycles. The molecule has 126 valence electrons. The van der Waals surface area contributed by atoms with E-state index in [0.29, 0.717) is 5.69 Å². The molecule has 1 fully saturated rings. The van der Waals surface area contributed by atoms with E-state index in [0.717, 1.165) is 10.7 Å². The standard InChI is InChI=1S/C12H14F3N5O3/c1-6-4-8(12(13,14)15)19-20(6)3-2-16-9(21)5-7-10(22)18-11(23)17-7/h4,7H,2-3,5H2,1H3,(H,16,21)(H2,17,18,22,23)/t7-/m1/s1. The fraction of sp³-hybridized carbons (Fsp3) is 0.500. The van der Waals surface area contributed by atoms with Crippen molar-refractivity contribution in [1.82, 2.24) is 25.7 Å². The lowest BCUT2D eigenvalue weighted by Gasteiger charge is -2.09. The third-order valence-corrected chi connectivity index (χ3v) is 3.17. The van der Waals surface area contributed by atoms with Crippen molar-refractivity contribution in [2.45, 2.75) is 32.1 Å². The van der Waals surface area contributed by atoms with Gasteiger partial charge in [-0.25, -0.2) is 4.79 Å². The Hall–Kier alpha value is -2.59. The number of carbonyl (C=O) groups is 3. The molecule has 0 radical (unpaired) electrons. The molecule has 1 atom stereocenters. The van der Waals surface area contributed by atoms with E-state index in [9.17, 15) is 27.6 Å². The van der Waals surface area contributed by atoms with Gasteiger partial charge >= 0.3 is 12.2 Å². The quantitative estimate of drug-likeness (QED) is 0.656. The Morgan fingerprint density at radius 3 is 2.65 bits per heavy atom. The first-order valence-corrected chi connectivity index (χ1v) is 6.66. The number of hydrogen-bond acceptors (Lipinski definition) is 4. The van der Waals surface area contributed by atoms with Crippen molar-refractivity contribution in [3.8, 4) is 0 Å². The van der Waals surface area contributed by atoms with Crippen molar-refractivity contribution >= 4 is 17.8 Å². The van der Waals surface area contributed by atoms with Gasteiger partial charge in [-0.1, -0.05) is 0 Å². The van der Waals surface area contributed by atoms with Crippen molar-refractivity contribution in [1.29, 1.82) is 0 Å². The van der Waals surface area contributed by atoms with E-state index in [2.05, 4.69) is 15.7 Å². The molecular weight excluding hydrogens is 319 g/mol. The minimum atomic E-state index is -4.52. The summed E-state index contributed by atoms with van der Waals surface area (Å²) in [6.07, 6.45) is -4.77. The zero-order valence-electron chi connectivity index (χ0n) is 12.0. The molecule has 0 unspecified atom stereocenters. The Morgan fingerprint density at radius 2 is 2.13 bits per heavy atom. The number of imide groups is 1. The van der Waals surface area contributed by atoms with Crippen LogP contribution in [0.2, 0.25) is 0 Å². The van der Waals surface area contributed by atoms with Crippen molar-refractivity contribution in [2.24, 2.45) is 0 Å². The van der Waals surface area contributed by atoms with Crippen LogP contribution in [0.1, 0.15) is 17.8 Å². The van der Waals surface area contributed by atoms with E-state index in [1.54, 1.807) is 0 Å². The largest absolute Gasteiger partial charge is 0.435 e. The van der Waals surface area contributed by atoms with Crippen LogP contribution in [0.25, 0.3) is 0 Å². The summed E-state index contributed by atoms with van der Waals surface area (Å²) in [5, 5.41) is 10.1. The molecule has 1 aromatic rings. The second-order valence-corrected chi connectivity index (χ2v) is 4.96. The molecule has 0 spiro atoms. The average Bonchev–Trinajstić information content (AvgIpc) is 2.93. The third kappa shape index (κ3) is 4.20. The van der Waals surface area contributed by atoms with Gasteiger partial charge in [-0.05, 0) is 13.0 Å². The minimum absolute atomic E-state index is 0.0426. The Bertz CT molecular complexity index is 640. The molecule has 0 bridgehead atoms. The van der Waals surface area contributed by atoms with Crippen molar-refractivity contribution in [2.75, 3.05) is 6.54 Å². The molecule has 1 aliphatic heterocycles. The van der Waals surface area contributed by atoms with Gasteiger partial charge < -0.3 is 10.6 Å². The second kappa shape index (κ2) is 6.26. The summed E-state index contributed by atoms with van der Waals surface area (Å²) >= 11 is 0. The number of aromatic nitrogens is 2. The SMILES string of the molecule is Cc1cc(C(F)(F)F)nn1CCNC(=O)C[C@H]1NC(=O)NC1=O. The first-order valence-electron chi connectivity index (χ1n) is 6.66. The van der Waals surface area contributed by atoms with Gasteiger partial charge in [0.15, 0.2) is 5.69 Å². The van der Waals surface area contributed by atoms with Crippen LogP contribution in [-0.4, -0.2) is 40.2 Å². The van der Waals surface area contributed by atoms with E-state index in [-0.39, 0.29) is 19.5 Å². The monoisotopic (exact) mass is 333 g/mol. The van der Waals surface area contributed by atoms with Crippen LogP contribution in [0, 0.1) is 6.92 Å².